The molecular weight excluding hydrogens is 445 g/mol. The first kappa shape index (κ1) is 14.8. The van der Waals surface area contributed by atoms with Gasteiger partial charge in [0.15, 0.2) is 24.3 Å². The Labute approximate surface area is 147 Å². The lowest BCUT2D eigenvalue weighted by atomic mass is 10.0. The molecule has 0 saturated heterocycles. The predicted octanol–water partition coefficient (Wildman–Crippen LogP) is 0.343. The second kappa shape index (κ2) is 5.96. The molecule has 0 amide bonds. The minimum atomic E-state index is 0. The van der Waals surface area contributed by atoms with Gasteiger partial charge in [-0.2, -0.15) is 4.58 Å². The SMILES string of the molecule is Ic1ccc([N+]2=Cc3cc4c(cc3CC2)OCO4)cc1.[Br-]. The van der Waals surface area contributed by atoms with Gasteiger partial charge in [0.05, 0.1) is 0 Å². The van der Waals surface area contributed by atoms with E-state index in [-0.39, 0.29) is 17.0 Å². The molecule has 0 bridgehead atoms. The molecule has 21 heavy (non-hydrogen) atoms. The van der Waals surface area contributed by atoms with Crippen molar-refractivity contribution in [2.75, 3.05) is 13.3 Å². The molecule has 0 aromatic heterocycles. The molecule has 0 unspecified atom stereocenters. The molecule has 0 spiro atoms. The van der Waals surface area contributed by atoms with Crippen LogP contribution >= 0.6 is 22.6 Å². The minimum absolute atomic E-state index is 0. The Morgan fingerprint density at radius 3 is 2.48 bits per heavy atom. The highest BCUT2D eigenvalue weighted by Gasteiger charge is 2.23. The van der Waals surface area contributed by atoms with Gasteiger partial charge < -0.3 is 26.5 Å². The van der Waals surface area contributed by atoms with Gasteiger partial charge in [-0.05, 0) is 52.4 Å². The molecule has 0 saturated carbocycles. The van der Waals surface area contributed by atoms with Gasteiger partial charge in [-0.3, -0.25) is 0 Å². The number of ether oxygens (including phenoxy) is 2. The Morgan fingerprint density at radius 1 is 1.00 bits per heavy atom. The summed E-state index contributed by atoms with van der Waals surface area (Å²) in [6, 6.07) is 12.8. The van der Waals surface area contributed by atoms with Crippen LogP contribution in [0, 0.1) is 3.57 Å². The van der Waals surface area contributed by atoms with E-state index >= 15 is 0 Å². The van der Waals surface area contributed by atoms with E-state index in [0.29, 0.717) is 6.79 Å². The molecular formula is C16H13BrINO2. The lowest BCUT2D eigenvalue weighted by molar-refractivity contribution is -0.436. The third-order valence-corrected chi connectivity index (χ3v) is 4.43. The Bertz CT molecular complexity index is 713. The molecule has 0 radical (unpaired) electrons. The van der Waals surface area contributed by atoms with Crippen molar-refractivity contribution in [3.05, 3.63) is 51.1 Å². The Hall–Kier alpha value is -1.08. The lowest BCUT2D eigenvalue weighted by Crippen LogP contribution is -3.00. The highest BCUT2D eigenvalue weighted by atomic mass is 127. The van der Waals surface area contributed by atoms with Crippen LogP contribution in [0.15, 0.2) is 36.4 Å². The van der Waals surface area contributed by atoms with Gasteiger partial charge in [-0.15, -0.1) is 0 Å². The van der Waals surface area contributed by atoms with Gasteiger partial charge in [-0.25, -0.2) is 0 Å². The standard InChI is InChI=1S/C16H13INO2.BrH/c17-13-1-3-14(4-2-13)18-6-5-11-7-15-16(20-10-19-15)8-12(11)9-18;/h1-4,7-9H,5-6,10H2;1H/q+1;/p-1. The number of hydrogen-bond donors (Lipinski definition) is 0. The summed E-state index contributed by atoms with van der Waals surface area (Å²) in [6.45, 7) is 1.33. The van der Waals surface area contributed by atoms with E-state index in [9.17, 15) is 0 Å². The quantitative estimate of drug-likeness (QED) is 0.455. The number of nitrogens with zero attached hydrogens (tertiary/aromatic N) is 1. The zero-order valence-electron chi connectivity index (χ0n) is 11.2. The van der Waals surface area contributed by atoms with Gasteiger partial charge in [0.1, 0.15) is 0 Å². The first-order valence-corrected chi connectivity index (χ1v) is 7.67. The zero-order valence-corrected chi connectivity index (χ0v) is 14.9. The van der Waals surface area contributed by atoms with E-state index in [1.54, 1.807) is 0 Å². The van der Waals surface area contributed by atoms with E-state index in [1.165, 1.54) is 20.4 Å². The Morgan fingerprint density at radius 2 is 1.71 bits per heavy atom. The molecule has 2 heterocycles. The molecule has 4 rings (SSSR count). The molecule has 108 valence electrons. The van der Waals surface area contributed by atoms with Gasteiger partial charge >= 0.3 is 0 Å². The molecule has 2 aromatic rings. The fraction of sp³-hybridized carbons (Fsp3) is 0.188. The maximum atomic E-state index is 5.46. The Kier molecular flexibility index (Phi) is 4.21. The fourth-order valence-corrected chi connectivity index (χ4v) is 3.01. The molecule has 0 aliphatic carbocycles. The number of halogens is 2. The number of fused-ring (bicyclic) bond motifs is 2. The smallest absolute Gasteiger partial charge is 0.231 e. The first-order chi connectivity index (χ1) is 9.79. The minimum Gasteiger partial charge on any atom is -1.00 e. The van der Waals surface area contributed by atoms with E-state index in [0.717, 1.165) is 24.5 Å². The van der Waals surface area contributed by atoms with Crippen LogP contribution in [-0.2, 0) is 6.42 Å². The van der Waals surface area contributed by atoms with Crippen molar-refractivity contribution in [3.8, 4) is 11.5 Å². The van der Waals surface area contributed by atoms with Crippen molar-refractivity contribution < 1.29 is 31.0 Å². The Balaban J connectivity index is 0.00000132. The van der Waals surface area contributed by atoms with Crippen LogP contribution in [0.3, 0.4) is 0 Å². The summed E-state index contributed by atoms with van der Waals surface area (Å²) in [7, 11) is 0. The van der Waals surface area contributed by atoms with Crippen molar-refractivity contribution in [2.45, 2.75) is 6.42 Å². The van der Waals surface area contributed by atoms with Gasteiger partial charge in [0.2, 0.25) is 12.5 Å². The van der Waals surface area contributed by atoms with E-state index < -0.39 is 0 Å². The maximum Gasteiger partial charge on any atom is 0.231 e. The molecule has 3 nitrogen and oxygen atoms in total. The first-order valence-electron chi connectivity index (χ1n) is 6.59. The molecule has 2 aliphatic heterocycles. The van der Waals surface area contributed by atoms with Crippen molar-refractivity contribution in [2.24, 2.45) is 0 Å². The van der Waals surface area contributed by atoms with Crippen molar-refractivity contribution in [1.29, 1.82) is 0 Å². The third kappa shape index (κ3) is 2.81. The van der Waals surface area contributed by atoms with Crippen LogP contribution in [0.25, 0.3) is 0 Å². The summed E-state index contributed by atoms with van der Waals surface area (Å²) in [5.74, 6) is 1.73. The fourth-order valence-electron chi connectivity index (χ4n) is 2.65. The average Bonchev–Trinajstić information content (AvgIpc) is 2.92. The maximum absolute atomic E-state index is 5.46. The van der Waals surface area contributed by atoms with Crippen molar-refractivity contribution >= 4 is 34.5 Å². The van der Waals surface area contributed by atoms with Crippen LogP contribution in [0.2, 0.25) is 0 Å². The van der Waals surface area contributed by atoms with Gasteiger partial charge in [0, 0.05) is 27.7 Å². The van der Waals surface area contributed by atoms with Crippen LogP contribution in [-0.4, -0.2) is 24.1 Å². The van der Waals surface area contributed by atoms with E-state index in [2.05, 4.69) is 69.8 Å². The molecule has 0 N–H and O–H groups in total. The summed E-state index contributed by atoms with van der Waals surface area (Å²) >= 11 is 2.33. The monoisotopic (exact) mass is 457 g/mol. The van der Waals surface area contributed by atoms with Crippen LogP contribution in [0.4, 0.5) is 5.69 Å². The molecule has 5 heteroatoms. The average molecular weight is 458 g/mol. The molecule has 0 atom stereocenters. The highest BCUT2D eigenvalue weighted by Crippen LogP contribution is 2.35. The van der Waals surface area contributed by atoms with Crippen LogP contribution < -0.4 is 26.5 Å². The molecule has 2 aromatic carbocycles. The molecule has 2 aliphatic rings. The number of rotatable bonds is 1. The van der Waals surface area contributed by atoms with E-state index in [4.69, 9.17) is 9.47 Å². The summed E-state index contributed by atoms with van der Waals surface area (Å²) in [5.41, 5.74) is 3.78. The second-order valence-electron chi connectivity index (χ2n) is 4.95. The lowest BCUT2D eigenvalue weighted by Gasteiger charge is -2.12. The van der Waals surface area contributed by atoms with Crippen molar-refractivity contribution in [1.82, 2.24) is 0 Å². The van der Waals surface area contributed by atoms with Gasteiger partial charge in [0.25, 0.3) is 0 Å². The number of hydrogen-bond acceptors (Lipinski definition) is 2. The normalized spacial score (nSPS) is 15.0. The summed E-state index contributed by atoms with van der Waals surface area (Å²) in [6.07, 6.45) is 3.22. The van der Waals surface area contributed by atoms with Gasteiger partial charge in [-0.1, -0.05) is 0 Å². The molecule has 0 fully saturated rings. The number of benzene rings is 2. The largest absolute Gasteiger partial charge is 1.00 e. The van der Waals surface area contributed by atoms with Crippen molar-refractivity contribution in [3.63, 3.8) is 0 Å². The topological polar surface area (TPSA) is 21.5 Å². The zero-order chi connectivity index (χ0) is 13.5. The summed E-state index contributed by atoms with van der Waals surface area (Å²) in [4.78, 5) is 0. The summed E-state index contributed by atoms with van der Waals surface area (Å²) in [5, 5.41) is 0. The highest BCUT2D eigenvalue weighted by molar-refractivity contribution is 14.1. The van der Waals surface area contributed by atoms with Crippen LogP contribution in [0.5, 0.6) is 11.5 Å². The summed E-state index contributed by atoms with van der Waals surface area (Å²) < 4.78 is 14.4. The second-order valence-corrected chi connectivity index (χ2v) is 6.20. The third-order valence-electron chi connectivity index (χ3n) is 3.71. The predicted molar refractivity (Wildman–Crippen MR) is 85.4 cm³/mol. The van der Waals surface area contributed by atoms with E-state index in [1.807, 2.05) is 0 Å². The van der Waals surface area contributed by atoms with Crippen LogP contribution in [0.1, 0.15) is 11.1 Å².